The van der Waals surface area contributed by atoms with E-state index in [2.05, 4.69) is 17.3 Å². The zero-order chi connectivity index (χ0) is 11.5. The van der Waals surface area contributed by atoms with E-state index in [1.54, 1.807) is 11.3 Å². The second-order valence-electron chi connectivity index (χ2n) is 3.43. The molecule has 1 atom stereocenters. The van der Waals surface area contributed by atoms with Crippen molar-refractivity contribution in [2.24, 2.45) is 0 Å². The van der Waals surface area contributed by atoms with Crippen molar-refractivity contribution in [3.05, 3.63) is 39.3 Å². The number of aryl methyl sites for hydroxylation is 1. The van der Waals surface area contributed by atoms with Crippen molar-refractivity contribution in [2.75, 3.05) is 7.05 Å². The molecule has 0 spiro atoms. The number of aromatic nitrogens is 2. The van der Waals surface area contributed by atoms with E-state index in [0.29, 0.717) is 0 Å². The molecule has 0 aliphatic carbocycles. The topological polar surface area (TPSA) is 29.9 Å². The molecule has 0 saturated heterocycles. The average molecular weight is 256 g/mol. The van der Waals surface area contributed by atoms with Gasteiger partial charge in [-0.2, -0.15) is 5.10 Å². The van der Waals surface area contributed by atoms with Crippen LogP contribution in [0, 0.1) is 0 Å². The van der Waals surface area contributed by atoms with Gasteiger partial charge in [-0.15, -0.1) is 11.3 Å². The minimum atomic E-state index is 0.120. The van der Waals surface area contributed by atoms with Crippen molar-refractivity contribution in [3.63, 3.8) is 0 Å². The lowest BCUT2D eigenvalue weighted by molar-refractivity contribution is 0.568. The van der Waals surface area contributed by atoms with Gasteiger partial charge in [0.2, 0.25) is 0 Å². The second kappa shape index (κ2) is 4.99. The Morgan fingerprint density at radius 1 is 1.56 bits per heavy atom. The van der Waals surface area contributed by atoms with E-state index in [1.807, 2.05) is 35.4 Å². The summed E-state index contributed by atoms with van der Waals surface area (Å²) in [6, 6.07) is 4.08. The van der Waals surface area contributed by atoms with Crippen LogP contribution in [0.25, 0.3) is 0 Å². The van der Waals surface area contributed by atoms with Gasteiger partial charge in [0, 0.05) is 17.6 Å². The first-order valence-corrected chi connectivity index (χ1v) is 6.45. The fourth-order valence-corrected chi connectivity index (χ4v) is 3.06. The molecular formula is C11H14ClN3S. The quantitative estimate of drug-likeness (QED) is 0.911. The summed E-state index contributed by atoms with van der Waals surface area (Å²) in [7, 11) is 1.94. The third-order valence-corrected chi connectivity index (χ3v) is 3.96. The SMILES string of the molecule is CCn1nccc1C(NC)c1sccc1Cl. The number of hydrogen-bond donors (Lipinski definition) is 1. The van der Waals surface area contributed by atoms with Crippen LogP contribution in [0.5, 0.6) is 0 Å². The molecule has 1 N–H and O–H groups in total. The molecule has 0 radical (unpaired) electrons. The van der Waals surface area contributed by atoms with Crippen LogP contribution in [0.2, 0.25) is 5.02 Å². The molecule has 86 valence electrons. The molecule has 0 amide bonds. The largest absolute Gasteiger partial charge is 0.307 e. The van der Waals surface area contributed by atoms with Crippen molar-refractivity contribution >= 4 is 22.9 Å². The molecule has 0 aromatic carbocycles. The summed E-state index contributed by atoms with van der Waals surface area (Å²) >= 11 is 7.83. The van der Waals surface area contributed by atoms with E-state index in [9.17, 15) is 0 Å². The minimum Gasteiger partial charge on any atom is -0.307 e. The van der Waals surface area contributed by atoms with Crippen molar-refractivity contribution < 1.29 is 0 Å². The van der Waals surface area contributed by atoms with Gasteiger partial charge in [0.25, 0.3) is 0 Å². The maximum Gasteiger partial charge on any atom is 0.0854 e. The molecule has 0 aliphatic heterocycles. The van der Waals surface area contributed by atoms with Gasteiger partial charge in [-0.1, -0.05) is 11.6 Å². The Kier molecular flexibility index (Phi) is 3.63. The lowest BCUT2D eigenvalue weighted by atomic mass is 10.1. The molecule has 0 bridgehead atoms. The lowest BCUT2D eigenvalue weighted by Crippen LogP contribution is -2.20. The van der Waals surface area contributed by atoms with Gasteiger partial charge in [0.1, 0.15) is 0 Å². The van der Waals surface area contributed by atoms with E-state index in [1.165, 1.54) is 0 Å². The molecule has 3 nitrogen and oxygen atoms in total. The highest BCUT2D eigenvalue weighted by molar-refractivity contribution is 7.10. The van der Waals surface area contributed by atoms with Crippen LogP contribution in [-0.2, 0) is 6.54 Å². The number of nitrogens with one attached hydrogen (secondary N) is 1. The molecule has 2 heterocycles. The van der Waals surface area contributed by atoms with Crippen LogP contribution < -0.4 is 5.32 Å². The normalized spacial score (nSPS) is 12.9. The van der Waals surface area contributed by atoms with Gasteiger partial charge in [0.15, 0.2) is 0 Å². The third kappa shape index (κ3) is 2.00. The predicted molar refractivity (Wildman–Crippen MR) is 68.1 cm³/mol. The van der Waals surface area contributed by atoms with E-state index in [-0.39, 0.29) is 6.04 Å². The van der Waals surface area contributed by atoms with E-state index >= 15 is 0 Å². The van der Waals surface area contributed by atoms with E-state index in [0.717, 1.165) is 22.1 Å². The number of rotatable bonds is 4. The van der Waals surface area contributed by atoms with Gasteiger partial charge in [-0.3, -0.25) is 4.68 Å². The summed E-state index contributed by atoms with van der Waals surface area (Å²) < 4.78 is 1.98. The summed E-state index contributed by atoms with van der Waals surface area (Å²) in [5, 5.41) is 10.4. The Balaban J connectivity index is 2.40. The zero-order valence-electron chi connectivity index (χ0n) is 9.27. The fraction of sp³-hybridized carbons (Fsp3) is 0.364. The van der Waals surface area contributed by atoms with Crippen molar-refractivity contribution in [1.29, 1.82) is 0 Å². The van der Waals surface area contributed by atoms with E-state index in [4.69, 9.17) is 11.6 Å². The first kappa shape index (κ1) is 11.6. The number of halogens is 1. The van der Waals surface area contributed by atoms with Crippen LogP contribution in [0.3, 0.4) is 0 Å². The molecule has 0 saturated carbocycles. The number of hydrogen-bond acceptors (Lipinski definition) is 3. The van der Waals surface area contributed by atoms with Gasteiger partial charge < -0.3 is 5.32 Å². The molecule has 16 heavy (non-hydrogen) atoms. The van der Waals surface area contributed by atoms with Crippen LogP contribution in [0.1, 0.15) is 23.5 Å². The fourth-order valence-electron chi connectivity index (χ4n) is 1.78. The Labute approximate surface area is 104 Å². The van der Waals surface area contributed by atoms with Crippen LogP contribution in [0.15, 0.2) is 23.7 Å². The molecule has 2 aromatic rings. The molecule has 5 heteroatoms. The molecule has 0 fully saturated rings. The zero-order valence-corrected chi connectivity index (χ0v) is 10.8. The molecular weight excluding hydrogens is 242 g/mol. The maximum atomic E-state index is 6.17. The molecule has 2 aromatic heterocycles. The highest BCUT2D eigenvalue weighted by Gasteiger charge is 2.19. The van der Waals surface area contributed by atoms with Crippen LogP contribution in [-0.4, -0.2) is 16.8 Å². The van der Waals surface area contributed by atoms with Gasteiger partial charge in [0.05, 0.1) is 16.8 Å². The Hall–Kier alpha value is -0.840. The highest BCUT2D eigenvalue weighted by atomic mass is 35.5. The summed E-state index contributed by atoms with van der Waals surface area (Å²) in [6.45, 7) is 2.95. The Morgan fingerprint density at radius 2 is 2.38 bits per heavy atom. The summed E-state index contributed by atoms with van der Waals surface area (Å²) in [6.07, 6.45) is 1.82. The second-order valence-corrected chi connectivity index (χ2v) is 4.78. The number of nitrogens with zero attached hydrogens (tertiary/aromatic N) is 2. The minimum absolute atomic E-state index is 0.120. The Morgan fingerprint density at radius 3 is 2.94 bits per heavy atom. The summed E-state index contributed by atoms with van der Waals surface area (Å²) in [5.74, 6) is 0. The smallest absolute Gasteiger partial charge is 0.0854 e. The molecule has 0 aliphatic rings. The lowest BCUT2D eigenvalue weighted by Gasteiger charge is -2.16. The maximum absolute atomic E-state index is 6.17. The summed E-state index contributed by atoms with van der Waals surface area (Å²) in [4.78, 5) is 1.14. The van der Waals surface area contributed by atoms with Gasteiger partial charge in [-0.25, -0.2) is 0 Å². The van der Waals surface area contributed by atoms with Gasteiger partial charge >= 0.3 is 0 Å². The summed E-state index contributed by atoms with van der Waals surface area (Å²) in [5.41, 5.74) is 1.15. The Bertz CT molecular complexity index is 463. The van der Waals surface area contributed by atoms with Gasteiger partial charge in [-0.05, 0) is 31.5 Å². The molecule has 2 rings (SSSR count). The predicted octanol–water partition coefficient (Wildman–Crippen LogP) is 2.93. The molecule has 1 unspecified atom stereocenters. The average Bonchev–Trinajstić information content (AvgIpc) is 2.90. The number of thiophene rings is 1. The first-order valence-electron chi connectivity index (χ1n) is 5.19. The highest BCUT2D eigenvalue weighted by Crippen LogP contribution is 2.32. The van der Waals surface area contributed by atoms with Crippen molar-refractivity contribution in [3.8, 4) is 0 Å². The van der Waals surface area contributed by atoms with Crippen molar-refractivity contribution in [2.45, 2.75) is 19.5 Å². The van der Waals surface area contributed by atoms with Crippen LogP contribution >= 0.6 is 22.9 Å². The third-order valence-electron chi connectivity index (χ3n) is 2.54. The van der Waals surface area contributed by atoms with Crippen LogP contribution in [0.4, 0.5) is 0 Å². The standard InChI is InChI=1S/C11H14ClN3S/c1-3-15-9(4-6-14-15)10(13-2)11-8(12)5-7-16-11/h4-7,10,13H,3H2,1-2H3. The van der Waals surface area contributed by atoms with Crippen molar-refractivity contribution in [1.82, 2.24) is 15.1 Å². The first-order chi connectivity index (χ1) is 7.77. The monoisotopic (exact) mass is 255 g/mol. The van der Waals surface area contributed by atoms with E-state index < -0.39 is 0 Å².